The van der Waals surface area contributed by atoms with Crippen LogP contribution in [0.3, 0.4) is 0 Å². The molecular weight excluding hydrogens is 475 g/mol. The summed E-state index contributed by atoms with van der Waals surface area (Å²) in [6.45, 7) is 1.99. The number of imidazole rings is 1. The number of benzene rings is 1. The fraction of sp³-hybridized carbons (Fsp3) is 0.250. The summed E-state index contributed by atoms with van der Waals surface area (Å²) < 4.78 is 2.07. The standard InChI is InChI=1S/C24H32B8N6O/c1-12-34-11-17(37(12)2)13-3-4-15-10-35-18(8-16(15)7-13)36-20(39)14-5-6-33-19(9-14)38-23(29,30)21(25,26)22(27,28)24(38,31)32/h3-11H,25-32H2,1-2H3,(H,35,36,39). The second kappa shape index (κ2) is 8.90. The van der Waals surface area contributed by atoms with Crippen molar-refractivity contribution < 1.29 is 4.79 Å². The molecule has 39 heavy (non-hydrogen) atoms. The molecule has 0 aliphatic carbocycles. The number of nitrogens with one attached hydrogen (secondary N) is 1. The predicted octanol–water partition coefficient (Wildman–Crippen LogP) is -3.98. The molecule has 1 aliphatic rings. The van der Waals surface area contributed by atoms with Crippen LogP contribution in [0.1, 0.15) is 16.2 Å². The van der Waals surface area contributed by atoms with Crippen LogP contribution in [-0.2, 0) is 7.05 Å². The molecule has 1 amide bonds. The Hall–Kier alpha value is -3.22. The predicted molar refractivity (Wildman–Crippen MR) is 183 cm³/mol. The van der Waals surface area contributed by atoms with Crippen molar-refractivity contribution >= 4 is 91.1 Å². The summed E-state index contributed by atoms with van der Waals surface area (Å²) in [7, 11) is 20.4. The number of nitrogens with zero attached hydrogens (tertiary/aromatic N) is 5. The minimum absolute atomic E-state index is 0.00845. The van der Waals surface area contributed by atoms with Gasteiger partial charge in [-0.15, -0.1) is 0 Å². The van der Waals surface area contributed by atoms with E-state index in [1.54, 1.807) is 18.5 Å². The van der Waals surface area contributed by atoms with Gasteiger partial charge in [-0.1, -0.05) is 22.6 Å². The molecule has 0 unspecified atom stereocenters. The fourth-order valence-corrected chi connectivity index (χ4v) is 6.37. The molecule has 1 aromatic carbocycles. The fourth-order valence-electron chi connectivity index (χ4n) is 6.37. The van der Waals surface area contributed by atoms with Crippen LogP contribution in [0.5, 0.6) is 0 Å². The van der Waals surface area contributed by atoms with Crippen molar-refractivity contribution in [3.8, 4) is 11.3 Å². The third kappa shape index (κ3) is 3.99. The Labute approximate surface area is 238 Å². The number of hydrogen-bond donors (Lipinski definition) is 1. The molecule has 4 heterocycles. The van der Waals surface area contributed by atoms with Crippen molar-refractivity contribution in [1.29, 1.82) is 0 Å². The van der Waals surface area contributed by atoms with Gasteiger partial charge < -0.3 is 14.8 Å². The molecule has 5 rings (SSSR count). The first-order chi connectivity index (χ1) is 18.1. The highest BCUT2D eigenvalue weighted by molar-refractivity contribution is 6.69. The van der Waals surface area contributed by atoms with Gasteiger partial charge in [0.25, 0.3) is 5.91 Å². The molecule has 0 radical (unpaired) electrons. The highest BCUT2D eigenvalue weighted by Crippen LogP contribution is 2.63. The van der Waals surface area contributed by atoms with Crippen LogP contribution >= 0.6 is 0 Å². The van der Waals surface area contributed by atoms with Gasteiger partial charge in [-0.05, 0) is 47.3 Å². The molecule has 188 valence electrons. The molecule has 0 bridgehead atoms. The third-order valence-corrected chi connectivity index (χ3v) is 10.5. The number of amides is 1. The van der Waals surface area contributed by atoms with Gasteiger partial charge in [0.15, 0.2) is 0 Å². The molecule has 1 aliphatic heterocycles. The molecule has 0 saturated carbocycles. The summed E-state index contributed by atoms with van der Waals surface area (Å²) in [6, 6.07) is 11.8. The quantitative estimate of drug-likeness (QED) is 0.286. The first-order valence-electron chi connectivity index (χ1n) is 13.6. The number of aryl methyl sites for hydroxylation is 1. The molecule has 1 fully saturated rings. The van der Waals surface area contributed by atoms with Gasteiger partial charge in [0.05, 0.1) is 43.3 Å². The Morgan fingerprint density at radius 1 is 0.821 bits per heavy atom. The highest BCUT2D eigenvalue weighted by atomic mass is 16.1. The van der Waals surface area contributed by atoms with Gasteiger partial charge in [0.1, 0.15) is 48.8 Å². The largest absolute Gasteiger partial charge is 0.379 e. The van der Waals surface area contributed by atoms with Gasteiger partial charge in [-0.25, -0.2) is 15.0 Å². The number of anilines is 2. The molecular formula is C24H32B8N6O. The summed E-state index contributed by atoms with van der Waals surface area (Å²) in [5.41, 5.74) is 2.66. The lowest BCUT2D eigenvalue weighted by Crippen LogP contribution is -2.60. The topological polar surface area (TPSA) is 75.9 Å². The maximum absolute atomic E-state index is 13.4. The van der Waals surface area contributed by atoms with Crippen molar-refractivity contribution in [2.75, 3.05) is 10.2 Å². The first kappa shape index (κ1) is 27.4. The van der Waals surface area contributed by atoms with Crippen molar-refractivity contribution in [1.82, 2.24) is 19.5 Å². The number of rotatable bonds is 4. The van der Waals surface area contributed by atoms with E-state index in [9.17, 15) is 4.79 Å². The van der Waals surface area contributed by atoms with Gasteiger partial charge >= 0.3 is 0 Å². The number of aromatic nitrogens is 4. The SMILES string of the molecule is BC1(B)N(c2cc(C(=O)Nc3cc4cc(-c5cnc(C)n5C)ccc4cn3)ccn2)C(B)(B)C(B)(B)C1(B)B. The van der Waals surface area contributed by atoms with E-state index in [1.807, 2.05) is 38.4 Å². The van der Waals surface area contributed by atoms with Crippen molar-refractivity contribution in [2.24, 2.45) is 7.05 Å². The Bertz CT molecular complexity index is 1590. The number of fused-ring (bicyclic) bond motifs is 1. The smallest absolute Gasteiger partial charge is 0.257 e. The van der Waals surface area contributed by atoms with Crippen LogP contribution in [-0.4, -0.2) is 98.9 Å². The van der Waals surface area contributed by atoms with Crippen LogP contribution in [0.15, 0.2) is 55.0 Å². The molecule has 0 spiro atoms. The molecule has 4 aromatic rings. The van der Waals surface area contributed by atoms with E-state index in [0.29, 0.717) is 11.4 Å². The van der Waals surface area contributed by atoms with Crippen molar-refractivity contribution in [3.05, 3.63) is 66.4 Å². The Morgan fingerprint density at radius 3 is 2.10 bits per heavy atom. The maximum Gasteiger partial charge on any atom is 0.257 e. The first-order valence-corrected chi connectivity index (χ1v) is 13.6. The lowest BCUT2D eigenvalue weighted by Gasteiger charge is -2.46. The van der Waals surface area contributed by atoms with E-state index in [4.69, 9.17) is 4.98 Å². The summed E-state index contributed by atoms with van der Waals surface area (Å²) in [5.74, 6) is 2.06. The van der Waals surface area contributed by atoms with Crippen LogP contribution in [0, 0.1) is 6.92 Å². The Morgan fingerprint density at radius 2 is 1.49 bits per heavy atom. The summed E-state index contributed by atoms with van der Waals surface area (Å²) in [4.78, 5) is 29.5. The van der Waals surface area contributed by atoms with E-state index >= 15 is 0 Å². The second-order valence-electron chi connectivity index (χ2n) is 12.9. The minimum atomic E-state index is -0.211. The van der Waals surface area contributed by atoms with E-state index in [2.05, 4.69) is 99.7 Å². The normalized spacial score (nSPS) is 18.7. The number of hydrogen-bond acceptors (Lipinski definition) is 5. The molecule has 15 heteroatoms. The molecule has 3 aromatic heterocycles. The summed E-state index contributed by atoms with van der Waals surface area (Å²) >= 11 is 0. The zero-order chi connectivity index (χ0) is 28.5. The zero-order valence-electron chi connectivity index (χ0n) is 24.8. The number of carbonyl (C=O) groups is 1. The molecule has 7 nitrogen and oxygen atoms in total. The van der Waals surface area contributed by atoms with Gasteiger partial charge in [0.2, 0.25) is 0 Å². The lowest BCUT2D eigenvalue weighted by molar-refractivity contribution is 0.102. The van der Waals surface area contributed by atoms with Crippen LogP contribution in [0.25, 0.3) is 22.0 Å². The Kier molecular flexibility index (Phi) is 6.24. The lowest BCUT2D eigenvalue weighted by atomic mass is 9.17. The van der Waals surface area contributed by atoms with Gasteiger partial charge in [0, 0.05) is 36.0 Å². The molecule has 1 N–H and O–H groups in total. The van der Waals surface area contributed by atoms with Gasteiger partial charge in [-0.3, -0.25) is 4.79 Å². The average molecular weight is 507 g/mol. The van der Waals surface area contributed by atoms with E-state index in [-0.39, 0.29) is 27.0 Å². The van der Waals surface area contributed by atoms with Gasteiger partial charge in [-0.2, -0.15) is 0 Å². The van der Waals surface area contributed by atoms with Crippen molar-refractivity contribution in [3.63, 3.8) is 0 Å². The van der Waals surface area contributed by atoms with Crippen LogP contribution in [0.2, 0.25) is 10.4 Å². The van der Waals surface area contributed by atoms with E-state index < -0.39 is 0 Å². The van der Waals surface area contributed by atoms with E-state index in [0.717, 1.165) is 33.7 Å². The number of pyridine rings is 2. The van der Waals surface area contributed by atoms with E-state index in [1.165, 1.54) is 0 Å². The van der Waals surface area contributed by atoms with Crippen LogP contribution in [0.4, 0.5) is 11.6 Å². The highest BCUT2D eigenvalue weighted by Gasteiger charge is 2.65. The molecule has 1 saturated heterocycles. The average Bonchev–Trinajstić information content (AvgIpc) is 3.23. The molecule has 0 atom stereocenters. The monoisotopic (exact) mass is 508 g/mol. The zero-order valence-corrected chi connectivity index (χ0v) is 24.8. The van der Waals surface area contributed by atoms with Crippen molar-refractivity contribution in [2.45, 2.75) is 28.0 Å². The third-order valence-electron chi connectivity index (χ3n) is 10.5. The second-order valence-corrected chi connectivity index (χ2v) is 12.9. The Balaban J connectivity index is 1.45. The van der Waals surface area contributed by atoms with Crippen LogP contribution < -0.4 is 10.2 Å². The minimum Gasteiger partial charge on any atom is -0.379 e. The summed E-state index contributed by atoms with van der Waals surface area (Å²) in [6.07, 6.45) is 5.40. The maximum atomic E-state index is 13.4. The summed E-state index contributed by atoms with van der Waals surface area (Å²) in [5, 5.41) is 4.61. The number of carbonyl (C=O) groups excluding carboxylic acids is 1.